The van der Waals surface area contributed by atoms with Crippen LogP contribution in [0.15, 0.2) is 42.5 Å². The van der Waals surface area contributed by atoms with Crippen LogP contribution in [0.1, 0.15) is 23.1 Å². The van der Waals surface area contributed by atoms with E-state index >= 15 is 0 Å². The van der Waals surface area contributed by atoms with Crippen LogP contribution in [-0.4, -0.2) is 18.4 Å². The molecular weight excluding hydrogens is 340 g/mol. The molecule has 0 atom stereocenters. The first-order chi connectivity index (χ1) is 12.0. The average molecular weight is 361 g/mol. The predicted molar refractivity (Wildman–Crippen MR) is 97.5 cm³/mol. The van der Waals surface area contributed by atoms with Crippen molar-refractivity contribution in [3.63, 3.8) is 0 Å². The summed E-state index contributed by atoms with van der Waals surface area (Å²) >= 11 is 5.79. The Labute approximate surface area is 152 Å². The lowest BCUT2D eigenvalue weighted by molar-refractivity contribution is -0.128. The molecule has 2 amide bonds. The predicted octanol–water partition coefficient (Wildman–Crippen LogP) is 3.12. The second kappa shape index (κ2) is 9.08. The van der Waals surface area contributed by atoms with Crippen molar-refractivity contribution in [3.8, 4) is 5.75 Å². The Hall–Kier alpha value is -2.53. The highest BCUT2D eigenvalue weighted by atomic mass is 35.5. The molecule has 0 aliphatic heterocycles. The van der Waals surface area contributed by atoms with Gasteiger partial charge in [0.2, 0.25) is 11.8 Å². The van der Waals surface area contributed by atoms with Crippen molar-refractivity contribution in [2.45, 2.75) is 26.7 Å². The number of amides is 2. The lowest BCUT2D eigenvalue weighted by Gasteiger charge is -2.11. The van der Waals surface area contributed by atoms with Crippen LogP contribution >= 0.6 is 11.6 Å². The van der Waals surface area contributed by atoms with E-state index in [4.69, 9.17) is 16.3 Å². The topological polar surface area (TPSA) is 67.4 Å². The number of benzene rings is 2. The normalized spacial score (nSPS) is 10.2. The van der Waals surface area contributed by atoms with E-state index in [2.05, 4.69) is 10.9 Å². The average Bonchev–Trinajstić information content (AvgIpc) is 2.59. The van der Waals surface area contributed by atoms with E-state index in [1.807, 2.05) is 32.0 Å². The fourth-order valence-electron chi connectivity index (χ4n) is 2.17. The van der Waals surface area contributed by atoms with Crippen molar-refractivity contribution in [3.05, 3.63) is 64.2 Å². The van der Waals surface area contributed by atoms with Crippen molar-refractivity contribution in [2.24, 2.45) is 0 Å². The minimum atomic E-state index is -0.310. The lowest BCUT2D eigenvalue weighted by atomic mass is 10.1. The standard InChI is InChI=1S/C19H21ClN2O3/c1-13-4-3-5-17(14(13)2)25-11-10-18(23)21-22-19(24)12-15-6-8-16(20)9-7-15/h3-9H,10-12H2,1-2H3,(H,21,23)(H,22,24). The molecule has 0 aliphatic carbocycles. The molecule has 0 heterocycles. The summed E-state index contributed by atoms with van der Waals surface area (Å²) in [5.41, 5.74) is 7.77. The molecule has 2 N–H and O–H groups in total. The SMILES string of the molecule is Cc1cccc(OCCC(=O)NNC(=O)Cc2ccc(Cl)cc2)c1C. The third kappa shape index (κ3) is 6.12. The molecule has 2 aromatic carbocycles. The number of aryl methyl sites for hydroxylation is 1. The molecule has 0 bridgehead atoms. The van der Waals surface area contributed by atoms with Gasteiger partial charge in [0, 0.05) is 5.02 Å². The molecule has 0 saturated heterocycles. The summed E-state index contributed by atoms with van der Waals surface area (Å²) in [6, 6.07) is 12.7. The van der Waals surface area contributed by atoms with E-state index in [0.29, 0.717) is 5.02 Å². The third-order valence-corrected chi connectivity index (χ3v) is 4.01. The fourth-order valence-corrected chi connectivity index (χ4v) is 2.29. The van der Waals surface area contributed by atoms with Gasteiger partial charge in [0.15, 0.2) is 0 Å². The van der Waals surface area contributed by atoms with Gasteiger partial charge in [-0.05, 0) is 48.7 Å². The van der Waals surface area contributed by atoms with E-state index in [0.717, 1.165) is 22.4 Å². The van der Waals surface area contributed by atoms with Gasteiger partial charge in [-0.2, -0.15) is 0 Å². The number of nitrogens with one attached hydrogen (secondary N) is 2. The van der Waals surface area contributed by atoms with Crippen molar-refractivity contribution < 1.29 is 14.3 Å². The lowest BCUT2D eigenvalue weighted by Crippen LogP contribution is -2.42. The minimum absolute atomic E-state index is 0.147. The van der Waals surface area contributed by atoms with Crippen LogP contribution < -0.4 is 15.6 Å². The smallest absolute Gasteiger partial charge is 0.242 e. The van der Waals surface area contributed by atoms with Gasteiger partial charge >= 0.3 is 0 Å². The van der Waals surface area contributed by atoms with Crippen LogP contribution in [0.3, 0.4) is 0 Å². The third-order valence-electron chi connectivity index (χ3n) is 3.76. The number of halogens is 1. The largest absolute Gasteiger partial charge is 0.493 e. The highest BCUT2D eigenvalue weighted by molar-refractivity contribution is 6.30. The summed E-state index contributed by atoms with van der Waals surface area (Å²) in [5, 5.41) is 0.612. The number of hydrazine groups is 1. The Kier molecular flexibility index (Phi) is 6.83. The van der Waals surface area contributed by atoms with Crippen molar-refractivity contribution in [1.29, 1.82) is 0 Å². The van der Waals surface area contributed by atoms with Gasteiger partial charge in [-0.1, -0.05) is 35.9 Å². The monoisotopic (exact) mass is 360 g/mol. The molecule has 0 saturated carbocycles. The van der Waals surface area contributed by atoms with E-state index in [-0.39, 0.29) is 31.3 Å². The highest BCUT2D eigenvalue weighted by Crippen LogP contribution is 2.20. The van der Waals surface area contributed by atoms with Crippen LogP contribution in [0, 0.1) is 13.8 Å². The zero-order chi connectivity index (χ0) is 18.2. The maximum Gasteiger partial charge on any atom is 0.242 e. The molecule has 132 valence electrons. The van der Waals surface area contributed by atoms with E-state index in [9.17, 15) is 9.59 Å². The van der Waals surface area contributed by atoms with Crippen LogP contribution in [0.5, 0.6) is 5.75 Å². The Balaban J connectivity index is 1.69. The van der Waals surface area contributed by atoms with Crippen LogP contribution in [-0.2, 0) is 16.0 Å². The molecule has 0 aromatic heterocycles. The minimum Gasteiger partial charge on any atom is -0.493 e. The van der Waals surface area contributed by atoms with Crippen molar-refractivity contribution >= 4 is 23.4 Å². The zero-order valence-electron chi connectivity index (χ0n) is 14.3. The molecule has 6 heteroatoms. The first-order valence-electron chi connectivity index (χ1n) is 7.97. The number of hydrogen-bond donors (Lipinski definition) is 2. The Morgan fingerprint density at radius 1 is 1.00 bits per heavy atom. The number of ether oxygens (including phenoxy) is 1. The number of hydrogen-bond acceptors (Lipinski definition) is 3. The molecule has 0 fully saturated rings. The summed E-state index contributed by atoms with van der Waals surface area (Å²) in [4.78, 5) is 23.6. The highest BCUT2D eigenvalue weighted by Gasteiger charge is 2.07. The first kappa shape index (κ1) is 18.8. The summed E-state index contributed by atoms with van der Waals surface area (Å²) < 4.78 is 5.62. The molecule has 2 rings (SSSR count). The zero-order valence-corrected chi connectivity index (χ0v) is 15.0. The second-order valence-corrected chi connectivity index (χ2v) is 6.13. The molecular formula is C19H21ClN2O3. The molecule has 2 aromatic rings. The van der Waals surface area contributed by atoms with Crippen LogP contribution in [0.25, 0.3) is 0 Å². The molecule has 0 spiro atoms. The Morgan fingerprint density at radius 2 is 1.68 bits per heavy atom. The number of carbonyl (C=O) groups excluding carboxylic acids is 2. The van der Waals surface area contributed by atoms with Crippen LogP contribution in [0.4, 0.5) is 0 Å². The van der Waals surface area contributed by atoms with Crippen molar-refractivity contribution in [1.82, 2.24) is 10.9 Å². The molecule has 0 aliphatic rings. The van der Waals surface area contributed by atoms with E-state index in [1.54, 1.807) is 24.3 Å². The van der Waals surface area contributed by atoms with Gasteiger partial charge in [0.05, 0.1) is 19.4 Å². The summed E-state index contributed by atoms with van der Waals surface area (Å²) in [6.45, 7) is 4.22. The molecule has 0 unspecified atom stereocenters. The molecule has 5 nitrogen and oxygen atoms in total. The summed E-state index contributed by atoms with van der Waals surface area (Å²) in [7, 11) is 0. The fraction of sp³-hybridized carbons (Fsp3) is 0.263. The maximum atomic E-state index is 11.8. The van der Waals surface area contributed by atoms with Gasteiger partial charge in [-0.15, -0.1) is 0 Å². The quantitative estimate of drug-likeness (QED) is 0.778. The van der Waals surface area contributed by atoms with E-state index in [1.165, 1.54) is 0 Å². The molecule has 0 radical (unpaired) electrons. The summed E-state index contributed by atoms with van der Waals surface area (Å²) in [6.07, 6.45) is 0.311. The van der Waals surface area contributed by atoms with Gasteiger partial charge in [0.1, 0.15) is 5.75 Å². The van der Waals surface area contributed by atoms with Crippen molar-refractivity contribution in [2.75, 3.05) is 6.61 Å². The van der Waals surface area contributed by atoms with Gasteiger partial charge in [-0.3, -0.25) is 20.4 Å². The van der Waals surface area contributed by atoms with Gasteiger partial charge in [0.25, 0.3) is 0 Å². The van der Waals surface area contributed by atoms with E-state index < -0.39 is 0 Å². The Bertz CT molecular complexity index is 745. The van der Waals surface area contributed by atoms with Gasteiger partial charge in [-0.25, -0.2) is 0 Å². The van der Waals surface area contributed by atoms with Crippen LogP contribution in [0.2, 0.25) is 5.02 Å². The summed E-state index contributed by atoms with van der Waals surface area (Å²) in [5.74, 6) is 0.153. The molecule has 25 heavy (non-hydrogen) atoms. The second-order valence-electron chi connectivity index (χ2n) is 5.70. The first-order valence-corrected chi connectivity index (χ1v) is 8.34. The Morgan fingerprint density at radius 3 is 2.40 bits per heavy atom. The van der Waals surface area contributed by atoms with Gasteiger partial charge < -0.3 is 4.74 Å². The number of rotatable bonds is 6. The number of carbonyl (C=O) groups is 2. The maximum absolute atomic E-state index is 11.8.